The second kappa shape index (κ2) is 9.75. The molecule has 1 fully saturated rings. The van der Waals surface area contributed by atoms with E-state index >= 15 is 0 Å². The van der Waals surface area contributed by atoms with E-state index in [1.54, 1.807) is 13.0 Å². The summed E-state index contributed by atoms with van der Waals surface area (Å²) in [6, 6.07) is 6.22. The van der Waals surface area contributed by atoms with Crippen LogP contribution in [0.4, 0.5) is 11.6 Å². The fourth-order valence-corrected chi connectivity index (χ4v) is 4.16. The maximum atomic E-state index is 12.6. The smallest absolute Gasteiger partial charge is 0.264 e. The number of sulfonamides is 1. The molecule has 0 radical (unpaired) electrons. The zero-order chi connectivity index (χ0) is 23.5. The number of carbonyl (C=O) groups is 1. The number of nitrogens with one attached hydrogen (secondary N) is 3. The maximum absolute atomic E-state index is 12.6. The Morgan fingerprint density at radius 1 is 1.16 bits per heavy atom. The van der Waals surface area contributed by atoms with E-state index < -0.39 is 53.1 Å². The molecule has 174 valence electrons. The predicted octanol–water partition coefficient (Wildman–Crippen LogP) is -1.06. The quantitative estimate of drug-likeness (QED) is 0.293. The Kier molecular flexibility index (Phi) is 7.26. The second-order valence-corrected chi connectivity index (χ2v) is 8.96. The molecule has 2 aromatic rings. The van der Waals surface area contributed by atoms with Gasteiger partial charge in [-0.3, -0.25) is 4.79 Å². The number of ether oxygens (including phenoxy) is 1. The lowest BCUT2D eigenvalue weighted by Crippen LogP contribution is -2.65. The molecule has 1 aromatic carbocycles. The van der Waals surface area contributed by atoms with Crippen molar-refractivity contribution in [2.75, 3.05) is 16.6 Å². The molecule has 1 aliphatic rings. The molecule has 1 amide bonds. The fourth-order valence-electron chi connectivity index (χ4n) is 3.21. The number of hydrogen-bond acceptors (Lipinski definition) is 10. The lowest BCUT2D eigenvalue weighted by atomic mass is 9.96. The van der Waals surface area contributed by atoms with Crippen LogP contribution in [0.1, 0.15) is 12.6 Å². The van der Waals surface area contributed by atoms with Crippen LogP contribution in [0.15, 0.2) is 41.4 Å². The van der Waals surface area contributed by atoms with Crippen molar-refractivity contribution in [3.63, 3.8) is 0 Å². The molecule has 1 aliphatic heterocycles. The first-order valence-electron chi connectivity index (χ1n) is 9.69. The van der Waals surface area contributed by atoms with Crippen LogP contribution in [0, 0.1) is 6.92 Å². The zero-order valence-electron chi connectivity index (χ0n) is 17.3. The first-order valence-corrected chi connectivity index (χ1v) is 11.2. The van der Waals surface area contributed by atoms with Gasteiger partial charge in [-0.15, -0.1) is 0 Å². The van der Waals surface area contributed by atoms with E-state index in [0.29, 0.717) is 11.4 Å². The van der Waals surface area contributed by atoms with Crippen LogP contribution in [-0.2, 0) is 19.6 Å². The summed E-state index contributed by atoms with van der Waals surface area (Å²) in [6.45, 7) is 2.41. The highest BCUT2D eigenvalue weighted by Gasteiger charge is 2.44. The van der Waals surface area contributed by atoms with E-state index in [2.05, 4.69) is 25.3 Å². The molecular formula is C19H25N5O7S. The summed E-state index contributed by atoms with van der Waals surface area (Å²) in [7, 11) is -3.93. The Hall–Kier alpha value is -2.84. The van der Waals surface area contributed by atoms with Gasteiger partial charge in [0, 0.05) is 24.5 Å². The van der Waals surface area contributed by atoms with Crippen LogP contribution >= 0.6 is 0 Å². The average molecular weight is 468 g/mol. The lowest BCUT2D eigenvalue weighted by molar-refractivity contribution is -0.188. The van der Waals surface area contributed by atoms with E-state index in [1.807, 2.05) is 0 Å². The van der Waals surface area contributed by atoms with Gasteiger partial charge in [-0.1, -0.05) is 0 Å². The van der Waals surface area contributed by atoms with Crippen LogP contribution in [0.3, 0.4) is 0 Å². The minimum atomic E-state index is -3.93. The summed E-state index contributed by atoms with van der Waals surface area (Å²) >= 11 is 0. The van der Waals surface area contributed by atoms with E-state index in [1.165, 1.54) is 37.4 Å². The molecule has 0 aliphatic carbocycles. The molecule has 0 bridgehead atoms. The molecule has 6 N–H and O–H groups in total. The Balaban J connectivity index is 1.76. The van der Waals surface area contributed by atoms with Crippen molar-refractivity contribution in [3.05, 3.63) is 42.2 Å². The van der Waals surface area contributed by atoms with Gasteiger partial charge >= 0.3 is 0 Å². The number of hydrogen-bond donors (Lipinski definition) is 6. The van der Waals surface area contributed by atoms with Crippen molar-refractivity contribution in [3.8, 4) is 0 Å². The minimum absolute atomic E-state index is 0.0418. The maximum Gasteiger partial charge on any atom is 0.264 e. The van der Waals surface area contributed by atoms with Crippen LogP contribution < -0.4 is 15.4 Å². The number of aryl methyl sites for hydroxylation is 1. The molecule has 12 nitrogen and oxygen atoms in total. The topological polar surface area (TPSA) is 183 Å². The number of aliphatic hydroxyl groups excluding tert-OH is 3. The molecule has 1 saturated heterocycles. The van der Waals surface area contributed by atoms with Gasteiger partial charge in [0.25, 0.3) is 10.0 Å². The zero-order valence-corrected chi connectivity index (χ0v) is 18.2. The summed E-state index contributed by atoms with van der Waals surface area (Å²) < 4.78 is 33.0. The van der Waals surface area contributed by atoms with Crippen molar-refractivity contribution >= 4 is 27.6 Å². The molecule has 13 heteroatoms. The van der Waals surface area contributed by atoms with E-state index in [4.69, 9.17) is 4.74 Å². The summed E-state index contributed by atoms with van der Waals surface area (Å²) in [4.78, 5) is 19.4. The van der Waals surface area contributed by atoms with Crippen LogP contribution in [0.25, 0.3) is 0 Å². The molecule has 32 heavy (non-hydrogen) atoms. The Morgan fingerprint density at radius 3 is 2.44 bits per heavy atom. The third-order valence-corrected chi connectivity index (χ3v) is 6.13. The van der Waals surface area contributed by atoms with Gasteiger partial charge in [0.2, 0.25) is 11.9 Å². The second-order valence-electron chi connectivity index (χ2n) is 7.28. The first-order chi connectivity index (χ1) is 15.1. The Morgan fingerprint density at radius 2 is 1.84 bits per heavy atom. The highest BCUT2D eigenvalue weighted by Crippen LogP contribution is 2.24. The standard InChI is InChI=1S/C19H25N5O7S/c1-10-7-8-20-19(21-10)24-32(29,30)13-5-3-12(4-6-13)23-18-15(22-11(2)26)17(28)16(27)14(9-25)31-18/h3-8,14-18,23,25,27-28H,9H2,1-2H3,(H,22,26)(H,20,21,24)/t14-,15-,16+,17-,18+/m0/s1. The van der Waals surface area contributed by atoms with E-state index in [9.17, 15) is 28.5 Å². The normalized spacial score (nSPS) is 25.7. The van der Waals surface area contributed by atoms with E-state index in [0.717, 1.165) is 0 Å². The number of aliphatic hydroxyl groups is 3. The van der Waals surface area contributed by atoms with Gasteiger partial charge < -0.3 is 30.7 Å². The number of aromatic nitrogens is 2. The SMILES string of the molecule is CC(=O)N[C@H]1[C@H](O)[C@H](O)[C@H](CO)O[C@H]1Nc1ccc(S(=O)(=O)Nc2nccc(C)n2)cc1. The van der Waals surface area contributed by atoms with Gasteiger partial charge in [-0.25, -0.2) is 23.1 Å². The van der Waals surface area contributed by atoms with Gasteiger partial charge in [0.15, 0.2) is 6.23 Å². The average Bonchev–Trinajstić information content (AvgIpc) is 2.73. The molecule has 1 aromatic heterocycles. The van der Waals surface area contributed by atoms with Crippen molar-refractivity contribution in [1.29, 1.82) is 0 Å². The van der Waals surface area contributed by atoms with Gasteiger partial charge in [0.1, 0.15) is 24.4 Å². The lowest BCUT2D eigenvalue weighted by Gasteiger charge is -2.43. The highest BCUT2D eigenvalue weighted by atomic mass is 32.2. The molecular weight excluding hydrogens is 442 g/mol. The molecule has 0 unspecified atom stereocenters. The predicted molar refractivity (Wildman–Crippen MR) is 113 cm³/mol. The van der Waals surface area contributed by atoms with Gasteiger partial charge in [-0.05, 0) is 37.3 Å². The van der Waals surface area contributed by atoms with Crippen molar-refractivity contribution in [1.82, 2.24) is 15.3 Å². The Bertz CT molecular complexity index is 1050. The Labute approximate surface area is 184 Å². The third kappa shape index (κ3) is 5.49. The number of rotatable bonds is 7. The summed E-state index contributed by atoms with van der Waals surface area (Å²) in [6.07, 6.45) is -3.45. The van der Waals surface area contributed by atoms with Crippen molar-refractivity contribution in [2.24, 2.45) is 0 Å². The van der Waals surface area contributed by atoms with Crippen LogP contribution in [0.2, 0.25) is 0 Å². The largest absolute Gasteiger partial charge is 0.394 e. The number of anilines is 2. The highest BCUT2D eigenvalue weighted by molar-refractivity contribution is 7.92. The summed E-state index contributed by atoms with van der Waals surface area (Å²) in [5, 5.41) is 35.3. The number of benzene rings is 1. The summed E-state index contributed by atoms with van der Waals surface area (Å²) in [5.74, 6) is -0.506. The van der Waals surface area contributed by atoms with Gasteiger partial charge in [-0.2, -0.15) is 0 Å². The summed E-state index contributed by atoms with van der Waals surface area (Å²) in [5.41, 5.74) is 1.02. The van der Waals surface area contributed by atoms with Crippen molar-refractivity contribution < 1.29 is 33.3 Å². The molecule has 3 rings (SSSR count). The van der Waals surface area contributed by atoms with Crippen LogP contribution in [0.5, 0.6) is 0 Å². The van der Waals surface area contributed by atoms with Gasteiger partial charge in [0.05, 0.1) is 11.5 Å². The molecule has 0 spiro atoms. The molecule has 2 heterocycles. The number of nitrogens with zero attached hydrogens (tertiary/aromatic N) is 2. The molecule has 0 saturated carbocycles. The minimum Gasteiger partial charge on any atom is -0.394 e. The molecule has 5 atom stereocenters. The van der Waals surface area contributed by atoms with E-state index in [-0.39, 0.29) is 10.8 Å². The van der Waals surface area contributed by atoms with Crippen LogP contribution in [-0.4, -0.2) is 76.8 Å². The fraction of sp³-hybridized carbons (Fsp3) is 0.421. The monoisotopic (exact) mass is 467 g/mol. The third-order valence-electron chi connectivity index (χ3n) is 4.79. The first kappa shape index (κ1) is 23.8. The number of amides is 1. The van der Waals surface area contributed by atoms with Crippen molar-refractivity contribution in [2.45, 2.75) is 49.3 Å². The number of carbonyl (C=O) groups excluding carboxylic acids is 1.